The smallest absolute Gasteiger partial charge is 0.191 e. The Kier molecular flexibility index (Phi) is 6.90. The van der Waals surface area contributed by atoms with E-state index in [9.17, 15) is 5.11 Å². The third-order valence-electron chi connectivity index (χ3n) is 2.47. The minimum atomic E-state index is -0.537. The highest BCUT2D eigenvalue weighted by atomic mass is 32.2. The van der Waals surface area contributed by atoms with Gasteiger partial charge in [-0.05, 0) is 13.2 Å². The first-order valence-electron chi connectivity index (χ1n) is 6.15. The van der Waals surface area contributed by atoms with Crippen LogP contribution in [0.1, 0.15) is 6.92 Å². The van der Waals surface area contributed by atoms with Crippen LogP contribution < -0.4 is 10.2 Å². The van der Waals surface area contributed by atoms with Gasteiger partial charge in [0, 0.05) is 33.3 Å². The van der Waals surface area contributed by atoms with Gasteiger partial charge in [0.05, 0.1) is 12.7 Å². The normalized spacial score (nSPS) is 12.3. The first kappa shape index (κ1) is 16.0. The van der Waals surface area contributed by atoms with Crippen molar-refractivity contribution in [2.75, 3.05) is 50.3 Å². The molecule has 1 atom stereocenters. The fraction of sp³-hybridized carbons (Fsp3) is 0.667. The standard InChI is InChI=1S/C12H22N4O2S/c1-5-13-10-6-11(15-12(14-10)19-4)16(2)7-9(17)8-18-3/h6,9,17H,5,7-8H2,1-4H3,(H,13,14,15). The summed E-state index contributed by atoms with van der Waals surface area (Å²) in [5, 5.41) is 13.6. The number of hydrogen-bond acceptors (Lipinski definition) is 7. The van der Waals surface area contributed by atoms with Gasteiger partial charge in [0.15, 0.2) is 5.16 Å². The number of thioether (sulfide) groups is 1. The number of likely N-dealkylation sites (N-methyl/N-ethyl adjacent to an activating group) is 1. The molecule has 1 aromatic heterocycles. The molecule has 0 aliphatic heterocycles. The van der Waals surface area contributed by atoms with Gasteiger partial charge in [0.2, 0.25) is 0 Å². The highest BCUT2D eigenvalue weighted by Gasteiger charge is 2.12. The fourth-order valence-electron chi connectivity index (χ4n) is 1.63. The van der Waals surface area contributed by atoms with Gasteiger partial charge in [-0.2, -0.15) is 0 Å². The van der Waals surface area contributed by atoms with Gasteiger partial charge < -0.3 is 20.1 Å². The zero-order valence-corrected chi connectivity index (χ0v) is 12.7. The Morgan fingerprint density at radius 1 is 1.53 bits per heavy atom. The topological polar surface area (TPSA) is 70.5 Å². The molecule has 0 aliphatic rings. The summed E-state index contributed by atoms with van der Waals surface area (Å²) in [6.45, 7) is 3.60. The summed E-state index contributed by atoms with van der Waals surface area (Å²) in [5.41, 5.74) is 0. The van der Waals surface area contributed by atoms with E-state index in [1.54, 1.807) is 7.11 Å². The van der Waals surface area contributed by atoms with Crippen LogP contribution >= 0.6 is 11.8 Å². The summed E-state index contributed by atoms with van der Waals surface area (Å²) in [6.07, 6.45) is 1.40. The molecule has 0 amide bonds. The second-order valence-corrected chi connectivity index (χ2v) is 4.89. The Hall–Kier alpha value is -1.05. The summed E-state index contributed by atoms with van der Waals surface area (Å²) >= 11 is 1.49. The van der Waals surface area contributed by atoms with Crippen LogP contribution in [0.15, 0.2) is 11.2 Å². The zero-order chi connectivity index (χ0) is 14.3. The highest BCUT2D eigenvalue weighted by molar-refractivity contribution is 7.98. The van der Waals surface area contributed by atoms with Gasteiger partial charge in [-0.3, -0.25) is 0 Å². The van der Waals surface area contributed by atoms with Crippen LogP contribution in [0.3, 0.4) is 0 Å². The second-order valence-electron chi connectivity index (χ2n) is 4.12. The molecule has 1 aromatic rings. The monoisotopic (exact) mass is 286 g/mol. The lowest BCUT2D eigenvalue weighted by Gasteiger charge is -2.22. The maximum absolute atomic E-state index is 9.75. The molecule has 0 aliphatic carbocycles. The molecule has 0 saturated carbocycles. The Bertz CT molecular complexity index is 392. The average Bonchev–Trinajstić information content (AvgIpc) is 2.38. The maximum Gasteiger partial charge on any atom is 0.191 e. The molecule has 6 nitrogen and oxygen atoms in total. The minimum Gasteiger partial charge on any atom is -0.389 e. The molecule has 0 saturated heterocycles. The van der Waals surface area contributed by atoms with E-state index >= 15 is 0 Å². The van der Waals surface area contributed by atoms with Gasteiger partial charge in [-0.15, -0.1) is 0 Å². The largest absolute Gasteiger partial charge is 0.389 e. The number of aromatic nitrogens is 2. The van der Waals surface area contributed by atoms with Crippen molar-refractivity contribution >= 4 is 23.4 Å². The summed E-state index contributed by atoms with van der Waals surface area (Å²) in [4.78, 5) is 10.7. The van der Waals surface area contributed by atoms with Crippen LogP contribution in [0.5, 0.6) is 0 Å². The molecule has 0 bridgehead atoms. The molecular weight excluding hydrogens is 264 g/mol. The third-order valence-corrected chi connectivity index (χ3v) is 3.02. The van der Waals surface area contributed by atoms with E-state index in [4.69, 9.17) is 4.74 Å². The van der Waals surface area contributed by atoms with E-state index in [1.165, 1.54) is 11.8 Å². The van der Waals surface area contributed by atoms with Crippen molar-refractivity contribution in [3.05, 3.63) is 6.07 Å². The van der Waals surface area contributed by atoms with Crippen molar-refractivity contribution in [3.63, 3.8) is 0 Å². The summed E-state index contributed by atoms with van der Waals surface area (Å²) < 4.78 is 4.92. The molecule has 108 valence electrons. The molecule has 2 N–H and O–H groups in total. The van der Waals surface area contributed by atoms with Gasteiger partial charge in [-0.1, -0.05) is 11.8 Å². The lowest BCUT2D eigenvalue weighted by Crippen LogP contribution is -2.32. The predicted molar refractivity (Wildman–Crippen MR) is 79.1 cm³/mol. The number of nitrogens with zero attached hydrogens (tertiary/aromatic N) is 3. The Balaban J connectivity index is 2.82. The van der Waals surface area contributed by atoms with Gasteiger partial charge >= 0.3 is 0 Å². The molecule has 1 heterocycles. The van der Waals surface area contributed by atoms with E-state index in [1.807, 2.05) is 31.2 Å². The lowest BCUT2D eigenvalue weighted by molar-refractivity contribution is 0.0694. The summed E-state index contributed by atoms with van der Waals surface area (Å²) in [5.74, 6) is 1.58. The maximum atomic E-state index is 9.75. The van der Waals surface area contributed by atoms with Gasteiger partial charge in [0.25, 0.3) is 0 Å². The van der Waals surface area contributed by atoms with Crippen molar-refractivity contribution < 1.29 is 9.84 Å². The van der Waals surface area contributed by atoms with E-state index < -0.39 is 6.10 Å². The van der Waals surface area contributed by atoms with Crippen LogP contribution in [0.2, 0.25) is 0 Å². The fourth-order valence-corrected chi connectivity index (χ4v) is 2.00. The van der Waals surface area contributed by atoms with E-state index in [2.05, 4.69) is 15.3 Å². The highest BCUT2D eigenvalue weighted by Crippen LogP contribution is 2.19. The van der Waals surface area contributed by atoms with Crippen LogP contribution in [0.4, 0.5) is 11.6 Å². The van der Waals surface area contributed by atoms with Crippen LogP contribution in [-0.4, -0.2) is 61.3 Å². The number of aliphatic hydroxyl groups excluding tert-OH is 1. The molecule has 0 spiro atoms. The quantitative estimate of drug-likeness (QED) is 0.547. The number of aliphatic hydroxyl groups is 1. The first-order chi connectivity index (χ1) is 9.10. The van der Waals surface area contributed by atoms with Gasteiger partial charge in [-0.25, -0.2) is 9.97 Å². The van der Waals surface area contributed by atoms with Crippen molar-refractivity contribution in [2.24, 2.45) is 0 Å². The molecule has 7 heteroatoms. The number of methoxy groups -OCH3 is 1. The van der Waals surface area contributed by atoms with E-state index in [-0.39, 0.29) is 0 Å². The summed E-state index contributed by atoms with van der Waals surface area (Å²) in [7, 11) is 3.46. The summed E-state index contributed by atoms with van der Waals surface area (Å²) in [6, 6.07) is 1.88. The molecule has 0 radical (unpaired) electrons. The number of hydrogen-bond donors (Lipinski definition) is 2. The number of rotatable bonds is 8. The Morgan fingerprint density at radius 3 is 2.84 bits per heavy atom. The number of ether oxygens (including phenoxy) is 1. The van der Waals surface area contributed by atoms with Crippen molar-refractivity contribution in [3.8, 4) is 0 Å². The van der Waals surface area contributed by atoms with Crippen molar-refractivity contribution in [1.82, 2.24) is 9.97 Å². The third kappa shape index (κ3) is 5.22. The number of anilines is 2. The van der Waals surface area contributed by atoms with E-state index in [0.717, 1.165) is 18.2 Å². The Labute approximate surface area is 118 Å². The molecule has 0 aromatic carbocycles. The van der Waals surface area contributed by atoms with Crippen LogP contribution in [0.25, 0.3) is 0 Å². The minimum absolute atomic E-state index is 0.310. The molecule has 1 unspecified atom stereocenters. The predicted octanol–water partition coefficient (Wildman–Crippen LogP) is 1.07. The second kappa shape index (κ2) is 8.19. The SMILES string of the molecule is CCNc1cc(N(C)CC(O)COC)nc(SC)n1. The van der Waals surface area contributed by atoms with Crippen LogP contribution in [0, 0.1) is 0 Å². The number of nitrogens with one attached hydrogen (secondary N) is 1. The first-order valence-corrected chi connectivity index (χ1v) is 7.38. The lowest BCUT2D eigenvalue weighted by atomic mass is 10.3. The molecule has 0 fully saturated rings. The van der Waals surface area contributed by atoms with E-state index in [0.29, 0.717) is 18.3 Å². The van der Waals surface area contributed by atoms with Crippen molar-refractivity contribution in [1.29, 1.82) is 0 Å². The zero-order valence-electron chi connectivity index (χ0n) is 11.9. The molecule has 19 heavy (non-hydrogen) atoms. The molecule has 1 rings (SSSR count). The Morgan fingerprint density at radius 2 is 2.26 bits per heavy atom. The van der Waals surface area contributed by atoms with Crippen LogP contribution in [-0.2, 0) is 4.74 Å². The average molecular weight is 286 g/mol. The van der Waals surface area contributed by atoms with Crippen molar-refractivity contribution in [2.45, 2.75) is 18.2 Å². The van der Waals surface area contributed by atoms with Gasteiger partial charge in [0.1, 0.15) is 11.6 Å². The molecular formula is C12H22N4O2S.